The van der Waals surface area contributed by atoms with Crippen LogP contribution in [0.3, 0.4) is 0 Å². The van der Waals surface area contributed by atoms with Gasteiger partial charge in [0.2, 0.25) is 8.32 Å². The maximum atomic E-state index is 10.5. The van der Waals surface area contributed by atoms with Gasteiger partial charge >= 0.3 is 6.09 Å². The van der Waals surface area contributed by atoms with E-state index in [0.29, 0.717) is 0 Å². The monoisotopic (exact) mass is 147 g/mol. The third kappa shape index (κ3) is 5.36. The number of nitrogens with one attached hydrogen (secondary N) is 1. The Morgan fingerprint density at radius 3 is 2.00 bits per heavy atom. The lowest BCUT2D eigenvalue weighted by molar-refractivity contribution is 0.201. The van der Waals surface area contributed by atoms with Crippen molar-refractivity contribution in [2.24, 2.45) is 0 Å². The summed E-state index contributed by atoms with van der Waals surface area (Å²) >= 11 is 0. The fraction of sp³-hybridized carbons (Fsp3) is 0.800. The van der Waals surface area contributed by atoms with Crippen LogP contribution in [0.1, 0.15) is 0 Å². The van der Waals surface area contributed by atoms with Crippen LogP contribution >= 0.6 is 0 Å². The minimum Gasteiger partial charge on any atom is -0.504 e. The summed E-state index contributed by atoms with van der Waals surface area (Å²) in [5, 5.41) is 2.40. The van der Waals surface area contributed by atoms with Crippen LogP contribution < -0.4 is 5.32 Å². The molecule has 0 bridgehead atoms. The molecule has 0 saturated carbocycles. The third-order valence-electron chi connectivity index (χ3n) is 0.603. The topological polar surface area (TPSA) is 38.3 Å². The van der Waals surface area contributed by atoms with Crippen LogP contribution in [0.4, 0.5) is 4.79 Å². The summed E-state index contributed by atoms with van der Waals surface area (Å²) in [5.74, 6) is 0. The number of carbonyl (C=O) groups is 1. The van der Waals surface area contributed by atoms with E-state index in [4.69, 9.17) is 4.43 Å². The van der Waals surface area contributed by atoms with Gasteiger partial charge < -0.3 is 9.74 Å². The molecular weight excluding hydrogens is 134 g/mol. The molecule has 0 radical (unpaired) electrons. The van der Waals surface area contributed by atoms with Gasteiger partial charge in [0.15, 0.2) is 0 Å². The van der Waals surface area contributed by atoms with Crippen molar-refractivity contribution in [1.82, 2.24) is 5.32 Å². The van der Waals surface area contributed by atoms with Crippen LogP contribution in [0.5, 0.6) is 0 Å². The van der Waals surface area contributed by atoms with Gasteiger partial charge in [-0.3, -0.25) is 0 Å². The second-order valence-corrected chi connectivity index (χ2v) is 7.18. The number of carbonyl (C=O) groups excluding carboxylic acids is 1. The molecule has 0 saturated heterocycles. The second-order valence-electron chi connectivity index (χ2n) is 2.75. The minimum absolute atomic E-state index is 0.325. The van der Waals surface area contributed by atoms with Crippen molar-refractivity contribution in [1.29, 1.82) is 0 Å². The van der Waals surface area contributed by atoms with Gasteiger partial charge in [0.25, 0.3) is 0 Å². The first kappa shape index (κ1) is 8.49. The lowest BCUT2D eigenvalue weighted by Gasteiger charge is -2.15. The number of rotatable bonds is 1. The molecule has 0 heterocycles. The quantitative estimate of drug-likeness (QED) is 0.565. The van der Waals surface area contributed by atoms with Gasteiger partial charge in [0.05, 0.1) is 0 Å². The average molecular weight is 147 g/mol. The van der Waals surface area contributed by atoms with Crippen molar-refractivity contribution in [3.63, 3.8) is 0 Å². The molecule has 4 heteroatoms. The Morgan fingerprint density at radius 1 is 1.44 bits per heavy atom. The lowest BCUT2D eigenvalue weighted by atomic mass is 11.1. The predicted molar refractivity (Wildman–Crippen MR) is 38.9 cm³/mol. The van der Waals surface area contributed by atoms with Crippen molar-refractivity contribution in [3.8, 4) is 0 Å². The zero-order valence-electron chi connectivity index (χ0n) is 6.32. The minimum atomic E-state index is -1.65. The molecule has 0 fully saturated rings. The molecule has 0 aliphatic carbocycles. The van der Waals surface area contributed by atoms with Crippen LogP contribution in [0.15, 0.2) is 0 Å². The SMILES string of the molecule is CNC(=O)O[Si](C)(C)C. The Hall–Kier alpha value is -0.513. The zero-order chi connectivity index (χ0) is 7.49. The van der Waals surface area contributed by atoms with Gasteiger partial charge in [-0.1, -0.05) is 0 Å². The predicted octanol–water partition coefficient (Wildman–Crippen LogP) is 1.18. The van der Waals surface area contributed by atoms with Crippen LogP contribution in [0, 0.1) is 0 Å². The third-order valence-corrected chi connectivity index (χ3v) is 1.40. The summed E-state index contributed by atoms with van der Waals surface area (Å²) in [5.41, 5.74) is 0. The molecule has 3 nitrogen and oxygen atoms in total. The molecule has 0 aliphatic heterocycles. The molecule has 1 N–H and O–H groups in total. The van der Waals surface area contributed by atoms with Gasteiger partial charge in [0.1, 0.15) is 0 Å². The van der Waals surface area contributed by atoms with Crippen LogP contribution in [-0.4, -0.2) is 21.5 Å². The summed E-state index contributed by atoms with van der Waals surface area (Å²) in [7, 11) is -0.0953. The molecule has 0 unspecified atom stereocenters. The Labute approximate surface area is 56.5 Å². The van der Waals surface area contributed by atoms with Crippen LogP contribution in [-0.2, 0) is 4.43 Å². The Morgan fingerprint density at radius 2 is 1.89 bits per heavy atom. The molecule has 0 spiro atoms. The van der Waals surface area contributed by atoms with Crippen molar-refractivity contribution in [2.75, 3.05) is 7.05 Å². The molecule has 0 aromatic heterocycles. The summed E-state index contributed by atoms with van der Waals surface area (Å²) in [6, 6.07) is 0. The van der Waals surface area contributed by atoms with E-state index < -0.39 is 8.32 Å². The largest absolute Gasteiger partial charge is 0.504 e. The van der Waals surface area contributed by atoms with Gasteiger partial charge in [-0.05, 0) is 19.6 Å². The highest BCUT2D eigenvalue weighted by molar-refractivity contribution is 6.71. The molecule has 0 rings (SSSR count). The van der Waals surface area contributed by atoms with Gasteiger partial charge in [-0.15, -0.1) is 0 Å². The first-order valence-corrected chi connectivity index (χ1v) is 6.27. The highest BCUT2D eigenvalue weighted by Gasteiger charge is 2.18. The van der Waals surface area contributed by atoms with Gasteiger partial charge in [0, 0.05) is 7.05 Å². The number of amides is 1. The number of hydrogen-bond donors (Lipinski definition) is 1. The maximum Gasteiger partial charge on any atom is 0.393 e. The first-order chi connectivity index (χ1) is 3.95. The summed E-state index contributed by atoms with van der Waals surface area (Å²) < 4.78 is 4.98. The number of hydrogen-bond acceptors (Lipinski definition) is 2. The van der Waals surface area contributed by atoms with Crippen LogP contribution in [0.25, 0.3) is 0 Å². The van der Waals surface area contributed by atoms with Gasteiger partial charge in [-0.2, -0.15) is 0 Å². The molecule has 0 atom stereocenters. The average Bonchev–Trinajstić information content (AvgIpc) is 1.62. The summed E-state index contributed by atoms with van der Waals surface area (Å²) in [6.07, 6.45) is -0.325. The van der Waals surface area contributed by atoms with Crippen molar-refractivity contribution >= 4 is 14.4 Å². The second kappa shape index (κ2) is 2.86. The van der Waals surface area contributed by atoms with E-state index in [1.54, 1.807) is 7.05 Å². The fourth-order valence-electron chi connectivity index (χ4n) is 0.329. The lowest BCUT2D eigenvalue weighted by Crippen LogP contribution is -2.33. The first-order valence-electron chi connectivity index (χ1n) is 2.86. The van der Waals surface area contributed by atoms with E-state index in [9.17, 15) is 4.79 Å². The van der Waals surface area contributed by atoms with E-state index in [0.717, 1.165) is 0 Å². The van der Waals surface area contributed by atoms with E-state index in [1.807, 2.05) is 19.6 Å². The summed E-state index contributed by atoms with van der Waals surface area (Å²) in [4.78, 5) is 10.5. The van der Waals surface area contributed by atoms with E-state index in [-0.39, 0.29) is 6.09 Å². The normalized spacial score (nSPS) is 10.7. The zero-order valence-corrected chi connectivity index (χ0v) is 7.32. The Kier molecular flexibility index (Phi) is 2.70. The van der Waals surface area contributed by atoms with E-state index >= 15 is 0 Å². The molecule has 1 amide bonds. The van der Waals surface area contributed by atoms with E-state index in [2.05, 4.69) is 5.32 Å². The molecular formula is C5H13NO2Si. The Balaban J connectivity index is 3.60. The summed E-state index contributed by atoms with van der Waals surface area (Å²) in [6.45, 7) is 5.88. The fourth-order valence-corrected chi connectivity index (χ4v) is 0.987. The molecule has 0 aliphatic rings. The molecule has 54 valence electrons. The highest BCUT2D eigenvalue weighted by Crippen LogP contribution is 2.01. The van der Waals surface area contributed by atoms with Crippen molar-refractivity contribution in [3.05, 3.63) is 0 Å². The van der Waals surface area contributed by atoms with Gasteiger partial charge in [-0.25, -0.2) is 4.79 Å². The standard InChI is InChI=1S/C5H13NO2Si/c1-6-5(7)8-9(2,3)4/h1-4H3,(H,6,7). The maximum absolute atomic E-state index is 10.5. The van der Waals surface area contributed by atoms with E-state index in [1.165, 1.54) is 0 Å². The molecule has 9 heavy (non-hydrogen) atoms. The highest BCUT2D eigenvalue weighted by atomic mass is 28.4. The van der Waals surface area contributed by atoms with Crippen molar-refractivity contribution < 1.29 is 9.22 Å². The Bertz CT molecular complexity index is 108. The van der Waals surface area contributed by atoms with Crippen molar-refractivity contribution in [2.45, 2.75) is 19.6 Å². The smallest absolute Gasteiger partial charge is 0.393 e. The molecule has 0 aromatic rings. The molecule has 0 aromatic carbocycles. The van der Waals surface area contributed by atoms with Crippen LogP contribution in [0.2, 0.25) is 19.6 Å².